The molecule has 0 aromatic heterocycles. The van der Waals surface area contributed by atoms with Gasteiger partial charge in [-0.3, -0.25) is 4.55 Å². The quantitative estimate of drug-likeness (QED) is 0.281. The second-order valence-corrected chi connectivity index (χ2v) is 4.53. The highest BCUT2D eigenvalue weighted by Gasteiger charge is 2.44. The van der Waals surface area contributed by atoms with Gasteiger partial charge in [-0.1, -0.05) is 0 Å². The van der Waals surface area contributed by atoms with Crippen LogP contribution in [0.4, 0.5) is 0 Å². The van der Waals surface area contributed by atoms with E-state index < -0.39 is 47.6 Å². The summed E-state index contributed by atoms with van der Waals surface area (Å²) >= 11 is 0. The summed E-state index contributed by atoms with van der Waals surface area (Å²) in [5, 5.41) is 36.8. The highest BCUT2D eigenvalue weighted by molar-refractivity contribution is 7.83. The van der Waals surface area contributed by atoms with Crippen molar-refractivity contribution >= 4 is 10.3 Å². The number of nitrogens with one attached hydrogen (secondary N) is 1. The maximum absolute atomic E-state index is 10.5. The molecule has 0 radical (unpaired) electrons. The van der Waals surface area contributed by atoms with Gasteiger partial charge in [-0.15, -0.1) is 0 Å². The van der Waals surface area contributed by atoms with Crippen LogP contribution in [0.25, 0.3) is 0 Å². The normalized spacial score (nSPS) is 40.9. The minimum atomic E-state index is -4.66. The SMILES string of the molecule is O=S(=O)(O)N[C@H]1[C@H](O)[C@@H](O)[C@H](CO)O[C@@H]1O. The van der Waals surface area contributed by atoms with E-state index in [1.54, 1.807) is 0 Å². The van der Waals surface area contributed by atoms with Crippen molar-refractivity contribution in [3.63, 3.8) is 0 Å². The van der Waals surface area contributed by atoms with Gasteiger partial charge in [0, 0.05) is 0 Å². The summed E-state index contributed by atoms with van der Waals surface area (Å²) in [6.07, 6.45) is -6.34. The zero-order valence-electron chi connectivity index (χ0n) is 7.96. The van der Waals surface area contributed by atoms with Crippen molar-refractivity contribution < 1.29 is 38.1 Å². The van der Waals surface area contributed by atoms with E-state index in [2.05, 4.69) is 4.74 Å². The van der Waals surface area contributed by atoms with Crippen LogP contribution in [0, 0.1) is 0 Å². The fourth-order valence-corrected chi connectivity index (χ4v) is 2.00. The van der Waals surface area contributed by atoms with Crippen molar-refractivity contribution in [2.75, 3.05) is 6.61 Å². The van der Waals surface area contributed by atoms with E-state index in [-0.39, 0.29) is 0 Å². The monoisotopic (exact) mass is 259 g/mol. The molecule has 1 fully saturated rings. The Hall–Kier alpha value is -0.330. The van der Waals surface area contributed by atoms with E-state index in [9.17, 15) is 23.7 Å². The first kappa shape index (κ1) is 13.7. The Balaban J connectivity index is 2.80. The van der Waals surface area contributed by atoms with Crippen LogP contribution in [0.1, 0.15) is 0 Å². The molecule has 10 heteroatoms. The smallest absolute Gasteiger partial charge is 0.333 e. The minimum Gasteiger partial charge on any atom is -0.394 e. The van der Waals surface area contributed by atoms with E-state index in [1.807, 2.05) is 0 Å². The van der Waals surface area contributed by atoms with E-state index in [0.717, 1.165) is 0 Å². The van der Waals surface area contributed by atoms with Gasteiger partial charge in [0.05, 0.1) is 6.61 Å². The second-order valence-electron chi connectivity index (χ2n) is 3.35. The second kappa shape index (κ2) is 4.89. The lowest BCUT2D eigenvalue weighted by Gasteiger charge is -2.39. The van der Waals surface area contributed by atoms with E-state index in [1.165, 1.54) is 4.72 Å². The third-order valence-electron chi connectivity index (χ3n) is 2.19. The molecule has 1 aliphatic heterocycles. The van der Waals surface area contributed by atoms with Crippen LogP contribution in [0.15, 0.2) is 0 Å². The van der Waals surface area contributed by atoms with E-state index in [0.29, 0.717) is 0 Å². The molecule has 0 saturated carbocycles. The molecular weight excluding hydrogens is 246 g/mol. The maximum Gasteiger partial charge on any atom is 0.333 e. The molecule has 16 heavy (non-hydrogen) atoms. The average molecular weight is 259 g/mol. The van der Waals surface area contributed by atoms with Gasteiger partial charge in [0.1, 0.15) is 24.4 Å². The topological polar surface area (TPSA) is 157 Å². The van der Waals surface area contributed by atoms with Gasteiger partial charge in [0.2, 0.25) is 0 Å². The number of aliphatic hydroxyl groups excluding tert-OH is 4. The molecule has 1 aliphatic rings. The van der Waals surface area contributed by atoms with Crippen molar-refractivity contribution in [2.45, 2.75) is 30.6 Å². The Morgan fingerprint density at radius 1 is 1.19 bits per heavy atom. The van der Waals surface area contributed by atoms with Crippen molar-refractivity contribution in [3.8, 4) is 0 Å². The largest absolute Gasteiger partial charge is 0.394 e. The first-order chi connectivity index (χ1) is 7.26. The zero-order valence-corrected chi connectivity index (χ0v) is 8.78. The summed E-state index contributed by atoms with van der Waals surface area (Å²) < 4.78 is 35.6. The van der Waals surface area contributed by atoms with Crippen molar-refractivity contribution in [1.82, 2.24) is 4.72 Å². The van der Waals surface area contributed by atoms with Gasteiger partial charge >= 0.3 is 10.3 Å². The van der Waals surface area contributed by atoms with Crippen molar-refractivity contribution in [1.29, 1.82) is 0 Å². The van der Waals surface area contributed by atoms with Crippen LogP contribution in [0.3, 0.4) is 0 Å². The molecule has 1 saturated heterocycles. The summed E-state index contributed by atoms with van der Waals surface area (Å²) in [4.78, 5) is 0. The standard InChI is InChI=1S/C6H13NO8S/c8-1-2-4(9)5(10)3(6(11)15-2)7-16(12,13)14/h2-11H,1H2,(H,12,13,14)/t2-,3-,4-,5-,6-/m0/s1. The Morgan fingerprint density at radius 3 is 2.19 bits per heavy atom. The summed E-state index contributed by atoms with van der Waals surface area (Å²) in [6, 6.07) is -1.62. The first-order valence-electron chi connectivity index (χ1n) is 4.31. The van der Waals surface area contributed by atoms with Gasteiger partial charge in [0.25, 0.3) is 0 Å². The van der Waals surface area contributed by atoms with Crippen LogP contribution >= 0.6 is 0 Å². The van der Waals surface area contributed by atoms with Gasteiger partial charge in [-0.2, -0.15) is 13.1 Å². The van der Waals surface area contributed by atoms with Crippen molar-refractivity contribution in [2.24, 2.45) is 0 Å². The predicted molar refractivity (Wildman–Crippen MR) is 48.5 cm³/mol. The lowest BCUT2D eigenvalue weighted by atomic mass is 9.98. The van der Waals surface area contributed by atoms with Gasteiger partial charge in [0.15, 0.2) is 6.29 Å². The molecule has 1 heterocycles. The molecule has 0 spiro atoms. The highest BCUT2D eigenvalue weighted by atomic mass is 32.2. The van der Waals surface area contributed by atoms with Crippen LogP contribution in [0.2, 0.25) is 0 Å². The molecule has 0 amide bonds. The van der Waals surface area contributed by atoms with Gasteiger partial charge in [-0.05, 0) is 0 Å². The maximum atomic E-state index is 10.5. The lowest BCUT2D eigenvalue weighted by molar-refractivity contribution is -0.251. The molecule has 5 atom stereocenters. The van der Waals surface area contributed by atoms with Crippen LogP contribution in [0.5, 0.6) is 0 Å². The average Bonchev–Trinajstić information content (AvgIpc) is 2.17. The molecule has 9 nitrogen and oxygen atoms in total. The molecule has 0 bridgehead atoms. The number of ether oxygens (including phenoxy) is 1. The van der Waals surface area contributed by atoms with E-state index in [4.69, 9.17) is 9.66 Å². The molecule has 0 unspecified atom stereocenters. The number of hydrogen-bond donors (Lipinski definition) is 6. The summed E-state index contributed by atoms with van der Waals surface area (Å²) in [7, 11) is -4.66. The molecule has 0 aromatic rings. The molecule has 0 aromatic carbocycles. The third-order valence-corrected chi connectivity index (χ3v) is 2.76. The lowest BCUT2D eigenvalue weighted by Crippen LogP contribution is -2.64. The number of aliphatic hydroxyl groups is 4. The predicted octanol–water partition coefficient (Wildman–Crippen LogP) is -3.82. The van der Waals surface area contributed by atoms with Gasteiger partial charge < -0.3 is 25.2 Å². The summed E-state index contributed by atoms with van der Waals surface area (Å²) in [5.74, 6) is 0. The summed E-state index contributed by atoms with van der Waals surface area (Å²) in [6.45, 7) is -0.659. The molecule has 0 aliphatic carbocycles. The molecule has 6 N–H and O–H groups in total. The van der Waals surface area contributed by atoms with Gasteiger partial charge in [-0.25, -0.2) is 0 Å². The number of rotatable bonds is 3. The fraction of sp³-hybridized carbons (Fsp3) is 1.00. The third kappa shape index (κ3) is 3.09. The Bertz CT molecular complexity index is 331. The minimum absolute atomic E-state index is 0.659. The fourth-order valence-electron chi connectivity index (χ4n) is 1.40. The van der Waals surface area contributed by atoms with Crippen LogP contribution < -0.4 is 4.72 Å². The molecule has 96 valence electrons. The van der Waals surface area contributed by atoms with Crippen molar-refractivity contribution in [3.05, 3.63) is 0 Å². The van der Waals surface area contributed by atoms with Crippen LogP contribution in [-0.2, 0) is 15.0 Å². The molecule has 1 rings (SSSR count). The van der Waals surface area contributed by atoms with Crippen LogP contribution in [-0.4, -0.2) is 70.6 Å². The Labute approximate surface area is 91.2 Å². The van der Waals surface area contributed by atoms with E-state index >= 15 is 0 Å². The zero-order chi connectivity index (χ0) is 12.5. The molecular formula is C6H13NO8S. The first-order valence-corrected chi connectivity index (χ1v) is 5.75. The summed E-state index contributed by atoms with van der Waals surface area (Å²) in [5.41, 5.74) is 0. The Morgan fingerprint density at radius 2 is 1.75 bits per heavy atom. The number of hydrogen-bond acceptors (Lipinski definition) is 7. The Kier molecular flexibility index (Phi) is 4.20. The highest BCUT2D eigenvalue weighted by Crippen LogP contribution is 2.19.